The van der Waals surface area contributed by atoms with E-state index in [4.69, 9.17) is 5.11 Å². The fraction of sp³-hybridized carbons (Fsp3) is 0.462. The minimum absolute atomic E-state index is 0.00916. The highest BCUT2D eigenvalue weighted by atomic mass is 79.9. The molecule has 5 heteroatoms. The zero-order valence-corrected chi connectivity index (χ0v) is 11.9. The lowest BCUT2D eigenvalue weighted by molar-refractivity contribution is -0.137. The Hall–Kier alpha value is -1.07. The Kier molecular flexibility index (Phi) is 4.24. The highest BCUT2D eigenvalue weighted by molar-refractivity contribution is 9.10. The van der Waals surface area contributed by atoms with Crippen LogP contribution in [0.15, 0.2) is 28.7 Å². The van der Waals surface area contributed by atoms with Crippen molar-refractivity contribution >= 4 is 27.6 Å². The van der Waals surface area contributed by atoms with Crippen LogP contribution in [-0.4, -0.2) is 36.2 Å². The predicted molar refractivity (Wildman–Crippen MR) is 75.0 cm³/mol. The zero-order valence-electron chi connectivity index (χ0n) is 10.3. The first-order chi connectivity index (χ1) is 8.54. The Morgan fingerprint density at radius 2 is 2.11 bits per heavy atom. The van der Waals surface area contributed by atoms with Gasteiger partial charge in [0.2, 0.25) is 0 Å². The first-order valence-electron chi connectivity index (χ1n) is 6.03. The average Bonchev–Trinajstić information content (AvgIpc) is 2.28. The van der Waals surface area contributed by atoms with Gasteiger partial charge in [-0.15, -0.1) is 0 Å². The van der Waals surface area contributed by atoms with E-state index < -0.39 is 5.97 Å². The summed E-state index contributed by atoms with van der Waals surface area (Å²) in [6, 6.07) is 8.43. The summed E-state index contributed by atoms with van der Waals surface area (Å²) in [5, 5.41) is 12.2. The molecule has 4 nitrogen and oxygen atoms in total. The number of aliphatic carboxylic acids is 1. The number of carbonyl (C=O) groups is 1. The molecule has 1 aromatic rings. The van der Waals surface area contributed by atoms with Crippen LogP contribution in [-0.2, 0) is 4.79 Å². The molecular formula is C13H17BrN2O2. The fourth-order valence-electron chi connectivity index (χ4n) is 2.38. The molecule has 0 saturated carbocycles. The minimum atomic E-state index is -0.752. The number of rotatable bonds is 3. The van der Waals surface area contributed by atoms with Crippen LogP contribution >= 0.6 is 15.9 Å². The molecule has 2 rings (SSSR count). The lowest BCUT2D eigenvalue weighted by atomic mass is 10.1. The van der Waals surface area contributed by atoms with Gasteiger partial charge in [0.15, 0.2) is 0 Å². The highest BCUT2D eigenvalue weighted by Crippen LogP contribution is 2.21. The number of piperazine rings is 1. The molecule has 1 fully saturated rings. The molecule has 0 aliphatic carbocycles. The molecule has 2 atom stereocenters. The SMILES string of the molecule is CC1CN(c2ccc(Br)cc2)CC(CC(=O)O)N1. The molecular weight excluding hydrogens is 296 g/mol. The molecule has 2 N–H and O–H groups in total. The number of halogens is 1. The van der Waals surface area contributed by atoms with Crippen molar-refractivity contribution in [3.8, 4) is 0 Å². The first-order valence-corrected chi connectivity index (χ1v) is 6.82. The average molecular weight is 313 g/mol. The van der Waals surface area contributed by atoms with Crippen molar-refractivity contribution in [2.24, 2.45) is 0 Å². The zero-order chi connectivity index (χ0) is 13.1. The van der Waals surface area contributed by atoms with E-state index in [0.717, 1.165) is 23.2 Å². The summed E-state index contributed by atoms with van der Waals surface area (Å²) in [4.78, 5) is 13.0. The Labute approximate surface area is 115 Å². The third kappa shape index (κ3) is 3.46. The normalized spacial score (nSPS) is 24.0. The van der Waals surface area contributed by atoms with Gasteiger partial charge in [0.05, 0.1) is 6.42 Å². The summed E-state index contributed by atoms with van der Waals surface area (Å²) < 4.78 is 1.05. The van der Waals surface area contributed by atoms with Gasteiger partial charge in [-0.05, 0) is 31.2 Å². The van der Waals surface area contributed by atoms with Crippen molar-refractivity contribution in [3.63, 3.8) is 0 Å². The maximum Gasteiger partial charge on any atom is 0.304 e. The third-order valence-corrected chi connectivity index (χ3v) is 3.60. The molecule has 1 aliphatic heterocycles. The van der Waals surface area contributed by atoms with Gasteiger partial charge < -0.3 is 15.3 Å². The molecule has 0 bridgehead atoms. The monoisotopic (exact) mass is 312 g/mol. The van der Waals surface area contributed by atoms with Gasteiger partial charge in [0.1, 0.15) is 0 Å². The van der Waals surface area contributed by atoms with Crippen molar-refractivity contribution in [3.05, 3.63) is 28.7 Å². The molecule has 1 aliphatic rings. The Balaban J connectivity index is 2.08. The van der Waals surface area contributed by atoms with Gasteiger partial charge in [0.25, 0.3) is 0 Å². The second-order valence-corrected chi connectivity index (χ2v) is 5.66. The Morgan fingerprint density at radius 1 is 1.44 bits per heavy atom. The molecule has 0 spiro atoms. The van der Waals surface area contributed by atoms with Crippen molar-refractivity contribution in [2.75, 3.05) is 18.0 Å². The molecule has 1 aromatic carbocycles. The summed E-state index contributed by atoms with van der Waals surface area (Å²) in [6.45, 7) is 3.72. The van der Waals surface area contributed by atoms with Crippen LogP contribution in [0.1, 0.15) is 13.3 Å². The second kappa shape index (κ2) is 5.71. The number of hydrogen-bond donors (Lipinski definition) is 2. The molecule has 18 heavy (non-hydrogen) atoms. The topological polar surface area (TPSA) is 52.6 Å². The van der Waals surface area contributed by atoms with Gasteiger partial charge in [-0.25, -0.2) is 0 Å². The van der Waals surface area contributed by atoms with E-state index in [2.05, 4.69) is 45.2 Å². The summed E-state index contributed by atoms with van der Waals surface area (Å²) >= 11 is 3.42. The number of nitrogens with one attached hydrogen (secondary N) is 1. The van der Waals surface area contributed by atoms with Gasteiger partial charge in [-0.3, -0.25) is 4.79 Å². The van der Waals surface area contributed by atoms with E-state index in [1.54, 1.807) is 0 Å². The van der Waals surface area contributed by atoms with E-state index in [1.807, 2.05) is 12.1 Å². The van der Waals surface area contributed by atoms with Crippen LogP contribution in [0.3, 0.4) is 0 Å². The standard InChI is InChI=1S/C13H17BrN2O2/c1-9-7-16(8-11(15-9)6-13(17)18)12-4-2-10(14)3-5-12/h2-5,9,11,15H,6-8H2,1H3,(H,17,18). The molecule has 1 heterocycles. The van der Waals surface area contributed by atoms with Crippen LogP contribution in [0.25, 0.3) is 0 Å². The molecule has 0 aromatic heterocycles. The lowest BCUT2D eigenvalue weighted by Crippen LogP contribution is -2.56. The Bertz CT molecular complexity index is 422. The number of benzene rings is 1. The molecule has 0 amide bonds. The van der Waals surface area contributed by atoms with E-state index in [-0.39, 0.29) is 12.5 Å². The van der Waals surface area contributed by atoms with E-state index in [9.17, 15) is 4.79 Å². The fourth-order valence-corrected chi connectivity index (χ4v) is 2.64. The smallest absolute Gasteiger partial charge is 0.304 e. The van der Waals surface area contributed by atoms with Gasteiger partial charge >= 0.3 is 5.97 Å². The van der Waals surface area contributed by atoms with Gasteiger partial charge in [0, 0.05) is 35.3 Å². The van der Waals surface area contributed by atoms with Crippen molar-refractivity contribution < 1.29 is 9.90 Å². The summed E-state index contributed by atoms with van der Waals surface area (Å²) in [5.41, 5.74) is 1.14. The molecule has 2 unspecified atom stereocenters. The highest BCUT2D eigenvalue weighted by Gasteiger charge is 2.25. The van der Waals surface area contributed by atoms with Crippen LogP contribution in [0.4, 0.5) is 5.69 Å². The minimum Gasteiger partial charge on any atom is -0.481 e. The maximum atomic E-state index is 10.8. The Morgan fingerprint density at radius 3 is 2.72 bits per heavy atom. The summed E-state index contributed by atoms with van der Waals surface area (Å²) in [6.07, 6.45) is 0.164. The quantitative estimate of drug-likeness (QED) is 0.897. The molecule has 98 valence electrons. The van der Waals surface area contributed by atoms with Gasteiger partial charge in [-0.1, -0.05) is 15.9 Å². The number of carboxylic acids is 1. The second-order valence-electron chi connectivity index (χ2n) is 4.74. The van der Waals surface area contributed by atoms with E-state index in [0.29, 0.717) is 6.04 Å². The first kappa shape index (κ1) is 13.4. The summed E-state index contributed by atoms with van der Waals surface area (Å²) in [7, 11) is 0. The van der Waals surface area contributed by atoms with Crippen LogP contribution < -0.4 is 10.2 Å². The van der Waals surface area contributed by atoms with Crippen LogP contribution in [0.2, 0.25) is 0 Å². The molecule has 1 saturated heterocycles. The number of hydrogen-bond acceptors (Lipinski definition) is 3. The predicted octanol–water partition coefficient (Wildman–Crippen LogP) is 2.09. The van der Waals surface area contributed by atoms with Crippen LogP contribution in [0.5, 0.6) is 0 Å². The summed E-state index contributed by atoms with van der Waals surface area (Å²) in [5.74, 6) is -0.752. The van der Waals surface area contributed by atoms with Crippen LogP contribution in [0, 0.1) is 0 Å². The molecule has 0 radical (unpaired) electrons. The maximum absolute atomic E-state index is 10.8. The lowest BCUT2D eigenvalue weighted by Gasteiger charge is -2.38. The number of anilines is 1. The van der Waals surface area contributed by atoms with Gasteiger partial charge in [-0.2, -0.15) is 0 Å². The largest absolute Gasteiger partial charge is 0.481 e. The van der Waals surface area contributed by atoms with Crippen molar-refractivity contribution in [2.45, 2.75) is 25.4 Å². The van der Waals surface area contributed by atoms with Crippen molar-refractivity contribution in [1.82, 2.24) is 5.32 Å². The number of carboxylic acid groups (broad SMARTS) is 1. The number of nitrogens with zero attached hydrogens (tertiary/aromatic N) is 1. The van der Waals surface area contributed by atoms with E-state index in [1.165, 1.54) is 0 Å². The van der Waals surface area contributed by atoms with E-state index >= 15 is 0 Å². The van der Waals surface area contributed by atoms with Crippen molar-refractivity contribution in [1.29, 1.82) is 0 Å². The third-order valence-electron chi connectivity index (χ3n) is 3.07.